The fourth-order valence-electron chi connectivity index (χ4n) is 1.87. The summed E-state index contributed by atoms with van der Waals surface area (Å²) in [6.07, 6.45) is 2.60. The molecule has 16 heavy (non-hydrogen) atoms. The lowest BCUT2D eigenvalue weighted by atomic mass is 9.89. The van der Waals surface area contributed by atoms with Crippen molar-refractivity contribution in [1.29, 1.82) is 0 Å². The lowest BCUT2D eigenvalue weighted by Gasteiger charge is -2.21. The third kappa shape index (κ3) is 3.46. The molecule has 1 amide bonds. The van der Waals surface area contributed by atoms with Crippen molar-refractivity contribution in [3.05, 3.63) is 0 Å². The number of rotatable bonds is 6. The van der Waals surface area contributed by atoms with Crippen LogP contribution in [-0.2, 0) is 9.53 Å². The van der Waals surface area contributed by atoms with Crippen LogP contribution in [0.1, 0.15) is 33.1 Å². The fourth-order valence-corrected chi connectivity index (χ4v) is 1.87. The molecule has 0 saturated carbocycles. The molecule has 0 aromatic rings. The van der Waals surface area contributed by atoms with Crippen LogP contribution < -0.4 is 5.32 Å². The van der Waals surface area contributed by atoms with Gasteiger partial charge in [0.05, 0.1) is 12.0 Å². The van der Waals surface area contributed by atoms with Crippen LogP contribution in [0, 0.1) is 11.3 Å². The van der Waals surface area contributed by atoms with Gasteiger partial charge in [0.1, 0.15) is 0 Å². The summed E-state index contributed by atoms with van der Waals surface area (Å²) in [7, 11) is 0. The summed E-state index contributed by atoms with van der Waals surface area (Å²) >= 11 is 0. The second kappa shape index (κ2) is 6.21. The summed E-state index contributed by atoms with van der Waals surface area (Å²) in [6, 6.07) is 0. The first-order valence-electron chi connectivity index (χ1n) is 6.09. The van der Waals surface area contributed by atoms with Crippen molar-refractivity contribution in [2.75, 3.05) is 26.4 Å². The number of aliphatic hydroxyl groups is 1. The number of nitrogens with one attached hydrogen (secondary N) is 1. The van der Waals surface area contributed by atoms with Gasteiger partial charge < -0.3 is 15.2 Å². The van der Waals surface area contributed by atoms with Crippen LogP contribution in [0.5, 0.6) is 0 Å². The molecular weight excluding hydrogens is 206 g/mol. The van der Waals surface area contributed by atoms with Crippen LogP contribution in [0.15, 0.2) is 0 Å². The molecule has 0 bridgehead atoms. The van der Waals surface area contributed by atoms with Crippen LogP contribution in [0.4, 0.5) is 0 Å². The van der Waals surface area contributed by atoms with Gasteiger partial charge in [-0.3, -0.25) is 4.79 Å². The van der Waals surface area contributed by atoms with E-state index in [9.17, 15) is 4.79 Å². The molecule has 94 valence electrons. The molecule has 1 fully saturated rings. The van der Waals surface area contributed by atoms with Gasteiger partial charge in [-0.25, -0.2) is 0 Å². The molecule has 1 aliphatic heterocycles. The zero-order valence-corrected chi connectivity index (χ0v) is 10.3. The van der Waals surface area contributed by atoms with Crippen LogP contribution >= 0.6 is 0 Å². The van der Waals surface area contributed by atoms with Crippen molar-refractivity contribution in [3.63, 3.8) is 0 Å². The summed E-state index contributed by atoms with van der Waals surface area (Å²) in [6.45, 7) is 6.04. The number of carbonyl (C=O) groups excluding carboxylic acids is 1. The molecule has 1 heterocycles. The highest BCUT2D eigenvalue weighted by Gasteiger charge is 2.37. The molecule has 0 aromatic carbocycles. The largest absolute Gasteiger partial charge is 0.396 e. The van der Waals surface area contributed by atoms with E-state index in [1.165, 1.54) is 0 Å². The van der Waals surface area contributed by atoms with Crippen molar-refractivity contribution in [2.45, 2.75) is 33.1 Å². The van der Waals surface area contributed by atoms with E-state index < -0.39 is 0 Å². The Morgan fingerprint density at radius 2 is 2.38 bits per heavy atom. The summed E-state index contributed by atoms with van der Waals surface area (Å²) in [5.41, 5.74) is -0.346. The van der Waals surface area contributed by atoms with E-state index >= 15 is 0 Å². The zero-order valence-electron chi connectivity index (χ0n) is 10.3. The maximum atomic E-state index is 11.9. The predicted octanol–water partition coefficient (Wildman–Crippen LogP) is 0.938. The van der Waals surface area contributed by atoms with Gasteiger partial charge >= 0.3 is 0 Å². The first-order chi connectivity index (χ1) is 7.62. The minimum absolute atomic E-state index is 0.0813. The summed E-state index contributed by atoms with van der Waals surface area (Å²) in [4.78, 5) is 11.9. The smallest absolute Gasteiger partial charge is 0.228 e. The molecule has 0 aliphatic carbocycles. The number of hydrogen-bond donors (Lipinski definition) is 2. The first-order valence-corrected chi connectivity index (χ1v) is 6.09. The molecule has 1 unspecified atom stereocenters. The van der Waals surface area contributed by atoms with Crippen LogP contribution in [0.25, 0.3) is 0 Å². The van der Waals surface area contributed by atoms with E-state index in [0.29, 0.717) is 25.7 Å². The standard InChI is InChI=1S/C12H23NO3/c1-3-10(8-14)4-6-13-11(15)12(2)5-7-16-9-12/h10,14H,3-9H2,1-2H3,(H,13,15)/t10-,12?/m1/s1. The van der Waals surface area contributed by atoms with Crippen LogP contribution in [0.2, 0.25) is 0 Å². The van der Waals surface area contributed by atoms with Gasteiger partial charge in [0.2, 0.25) is 5.91 Å². The van der Waals surface area contributed by atoms with Crippen molar-refractivity contribution < 1.29 is 14.6 Å². The van der Waals surface area contributed by atoms with E-state index in [4.69, 9.17) is 9.84 Å². The second-order valence-corrected chi connectivity index (χ2v) is 4.86. The van der Waals surface area contributed by atoms with Gasteiger partial charge in [-0.2, -0.15) is 0 Å². The first kappa shape index (κ1) is 13.5. The Balaban J connectivity index is 2.24. The number of ether oxygens (including phenoxy) is 1. The normalized spacial score (nSPS) is 26.7. The monoisotopic (exact) mass is 229 g/mol. The quantitative estimate of drug-likeness (QED) is 0.712. The lowest BCUT2D eigenvalue weighted by molar-refractivity contribution is -0.130. The highest BCUT2D eigenvalue weighted by Crippen LogP contribution is 2.27. The summed E-state index contributed by atoms with van der Waals surface area (Å²) in [5, 5.41) is 12.0. The van der Waals surface area contributed by atoms with E-state index in [0.717, 1.165) is 19.3 Å². The third-order valence-electron chi connectivity index (χ3n) is 3.44. The molecule has 2 N–H and O–H groups in total. The van der Waals surface area contributed by atoms with Gasteiger partial charge in [-0.1, -0.05) is 13.3 Å². The Hall–Kier alpha value is -0.610. The molecule has 0 aromatic heterocycles. The molecule has 0 spiro atoms. The Bertz CT molecular complexity index is 220. The van der Waals surface area contributed by atoms with Crippen molar-refractivity contribution >= 4 is 5.91 Å². The lowest BCUT2D eigenvalue weighted by Crippen LogP contribution is -2.40. The summed E-state index contributed by atoms with van der Waals surface area (Å²) < 4.78 is 5.25. The summed E-state index contributed by atoms with van der Waals surface area (Å²) in [5.74, 6) is 0.380. The SMILES string of the molecule is CC[C@@H](CO)CCNC(=O)C1(C)CCOC1. The third-order valence-corrected chi connectivity index (χ3v) is 3.44. The molecule has 1 rings (SSSR count). The maximum Gasteiger partial charge on any atom is 0.228 e. The molecular formula is C12H23NO3. The predicted molar refractivity (Wildman–Crippen MR) is 62.0 cm³/mol. The molecule has 1 saturated heterocycles. The Morgan fingerprint density at radius 3 is 2.88 bits per heavy atom. The van der Waals surface area contributed by atoms with Crippen molar-refractivity contribution in [3.8, 4) is 0 Å². The van der Waals surface area contributed by atoms with E-state index in [2.05, 4.69) is 12.2 Å². The average Bonchev–Trinajstić information content (AvgIpc) is 2.72. The number of carbonyl (C=O) groups is 1. The number of hydrogen-bond acceptors (Lipinski definition) is 3. The fraction of sp³-hybridized carbons (Fsp3) is 0.917. The Labute approximate surface area is 97.4 Å². The topological polar surface area (TPSA) is 58.6 Å². The van der Waals surface area contributed by atoms with Gasteiger partial charge in [0, 0.05) is 19.8 Å². The highest BCUT2D eigenvalue weighted by atomic mass is 16.5. The van der Waals surface area contributed by atoms with Crippen LogP contribution in [0.3, 0.4) is 0 Å². The van der Waals surface area contributed by atoms with Crippen molar-refractivity contribution in [2.24, 2.45) is 11.3 Å². The second-order valence-electron chi connectivity index (χ2n) is 4.86. The zero-order chi connectivity index (χ0) is 12.0. The molecule has 0 radical (unpaired) electrons. The average molecular weight is 229 g/mol. The number of aliphatic hydroxyl groups excluding tert-OH is 1. The van der Waals surface area contributed by atoms with Gasteiger partial charge in [0.25, 0.3) is 0 Å². The van der Waals surface area contributed by atoms with Gasteiger partial charge in [-0.05, 0) is 25.7 Å². The molecule has 4 nitrogen and oxygen atoms in total. The van der Waals surface area contributed by atoms with Crippen molar-refractivity contribution in [1.82, 2.24) is 5.32 Å². The Morgan fingerprint density at radius 1 is 1.62 bits per heavy atom. The van der Waals surface area contributed by atoms with E-state index in [-0.39, 0.29) is 17.9 Å². The minimum Gasteiger partial charge on any atom is -0.396 e. The van der Waals surface area contributed by atoms with Gasteiger partial charge in [0.15, 0.2) is 0 Å². The Kier molecular flexibility index (Phi) is 5.22. The van der Waals surface area contributed by atoms with E-state index in [1.54, 1.807) is 0 Å². The van der Waals surface area contributed by atoms with Crippen LogP contribution in [-0.4, -0.2) is 37.4 Å². The van der Waals surface area contributed by atoms with Gasteiger partial charge in [-0.15, -0.1) is 0 Å². The molecule has 1 aliphatic rings. The minimum atomic E-state index is -0.346. The number of amides is 1. The van der Waals surface area contributed by atoms with E-state index in [1.807, 2.05) is 6.92 Å². The molecule has 2 atom stereocenters. The highest BCUT2D eigenvalue weighted by molar-refractivity contribution is 5.82. The maximum absolute atomic E-state index is 11.9. The molecule has 4 heteroatoms.